The second-order valence-corrected chi connectivity index (χ2v) is 15.5. The average Bonchev–Trinajstić information content (AvgIpc) is 3.76. The Kier molecular flexibility index (Phi) is 6.37. The van der Waals surface area contributed by atoms with Crippen molar-refractivity contribution in [2.45, 2.75) is 19.3 Å². The average molecular weight is 716 g/mol. The van der Waals surface area contributed by atoms with E-state index in [0.29, 0.717) is 17.5 Å². The molecular formula is C52H33N3O. The van der Waals surface area contributed by atoms with Crippen molar-refractivity contribution in [3.8, 4) is 56.4 Å². The van der Waals surface area contributed by atoms with Crippen LogP contribution in [0.15, 0.2) is 168 Å². The maximum Gasteiger partial charge on any atom is 0.164 e. The monoisotopic (exact) mass is 715 g/mol. The van der Waals surface area contributed by atoms with Crippen molar-refractivity contribution in [3.63, 3.8) is 0 Å². The lowest BCUT2D eigenvalue weighted by Crippen LogP contribution is -2.14. The van der Waals surface area contributed by atoms with Gasteiger partial charge in [0.05, 0.1) is 0 Å². The largest absolute Gasteiger partial charge is 0.455 e. The van der Waals surface area contributed by atoms with Gasteiger partial charge in [-0.05, 0) is 90.5 Å². The summed E-state index contributed by atoms with van der Waals surface area (Å²) in [5, 5.41) is 9.52. The minimum atomic E-state index is -0.0779. The maximum absolute atomic E-state index is 6.93. The molecule has 1 aliphatic carbocycles. The van der Waals surface area contributed by atoms with Crippen LogP contribution in [0.1, 0.15) is 25.0 Å². The van der Waals surface area contributed by atoms with Crippen molar-refractivity contribution < 1.29 is 4.42 Å². The Bertz CT molecular complexity index is 3320. The van der Waals surface area contributed by atoms with Gasteiger partial charge in [0.15, 0.2) is 17.5 Å². The second kappa shape index (κ2) is 11.4. The first-order valence-electron chi connectivity index (χ1n) is 19.2. The first-order valence-corrected chi connectivity index (χ1v) is 19.2. The van der Waals surface area contributed by atoms with Crippen LogP contribution in [-0.2, 0) is 5.41 Å². The molecule has 0 bridgehead atoms. The van der Waals surface area contributed by atoms with Crippen molar-refractivity contribution >= 4 is 54.3 Å². The molecule has 262 valence electrons. The standard InChI is InChI=1S/C52H33N3O/c1-52(2)43-22-12-11-20-35(43)42-28-40-37-25-26-38(48-47(37)46-36(41(40)29-44(42)52)21-13-23-45(46)56-48)34-24-27-39(33-19-10-9-18-32(33)34)51-54-49(30-14-5-3-6-15-30)53-50(55-51)31-16-7-4-8-17-31/h3-29H,1-2H3. The zero-order chi connectivity index (χ0) is 37.1. The molecule has 0 aliphatic heterocycles. The maximum atomic E-state index is 6.93. The number of benzene rings is 9. The lowest BCUT2D eigenvalue weighted by atomic mass is 9.81. The highest BCUT2D eigenvalue weighted by Crippen LogP contribution is 2.53. The third-order valence-corrected chi connectivity index (χ3v) is 12.1. The molecule has 1 aliphatic rings. The van der Waals surface area contributed by atoms with Crippen molar-refractivity contribution in [1.29, 1.82) is 0 Å². The third kappa shape index (κ3) is 4.32. The minimum absolute atomic E-state index is 0.0779. The van der Waals surface area contributed by atoms with Gasteiger partial charge < -0.3 is 4.42 Å². The van der Waals surface area contributed by atoms with Crippen molar-refractivity contribution in [2.24, 2.45) is 0 Å². The van der Waals surface area contributed by atoms with Crippen LogP contribution >= 0.6 is 0 Å². The van der Waals surface area contributed by atoms with Gasteiger partial charge in [-0.3, -0.25) is 0 Å². The number of fused-ring (bicyclic) bond motifs is 7. The summed E-state index contributed by atoms with van der Waals surface area (Å²) in [6.07, 6.45) is 0. The molecular weight excluding hydrogens is 683 g/mol. The number of aromatic nitrogens is 3. The molecule has 9 aromatic carbocycles. The highest BCUT2D eigenvalue weighted by molar-refractivity contribution is 6.35. The predicted molar refractivity (Wildman–Crippen MR) is 230 cm³/mol. The predicted octanol–water partition coefficient (Wildman–Crippen LogP) is 13.6. The molecule has 0 amide bonds. The Morgan fingerprint density at radius 1 is 0.375 bits per heavy atom. The summed E-state index contributed by atoms with van der Waals surface area (Å²) in [4.78, 5) is 15.1. The molecule has 0 saturated heterocycles. The first kappa shape index (κ1) is 31.2. The van der Waals surface area contributed by atoms with Gasteiger partial charge in [0, 0.05) is 38.4 Å². The topological polar surface area (TPSA) is 51.8 Å². The highest BCUT2D eigenvalue weighted by atomic mass is 16.3. The molecule has 12 rings (SSSR count). The Hall–Kier alpha value is -7.17. The fourth-order valence-corrected chi connectivity index (χ4v) is 9.43. The molecule has 0 N–H and O–H groups in total. The molecule has 4 nitrogen and oxygen atoms in total. The zero-order valence-electron chi connectivity index (χ0n) is 30.8. The summed E-state index contributed by atoms with van der Waals surface area (Å²) < 4.78 is 6.93. The van der Waals surface area contributed by atoms with Crippen molar-refractivity contribution in [3.05, 3.63) is 175 Å². The SMILES string of the molecule is CC1(C)c2ccccc2-c2cc3c(cc21)c1cccc2oc4c(-c5ccc(-c6nc(-c7ccccc7)nc(-c7ccccc7)n6)c6ccccc56)ccc3c4c21. The van der Waals surface area contributed by atoms with E-state index in [1.54, 1.807) is 0 Å². The Balaban J connectivity index is 1.09. The fourth-order valence-electron chi connectivity index (χ4n) is 9.43. The molecule has 0 saturated carbocycles. The molecule has 2 heterocycles. The lowest BCUT2D eigenvalue weighted by molar-refractivity contribution is 0.661. The van der Waals surface area contributed by atoms with Crippen LogP contribution in [0.2, 0.25) is 0 Å². The van der Waals surface area contributed by atoms with Crippen LogP contribution < -0.4 is 0 Å². The fraction of sp³-hybridized carbons (Fsp3) is 0.0577. The van der Waals surface area contributed by atoms with Crippen LogP contribution in [0.25, 0.3) is 111 Å². The van der Waals surface area contributed by atoms with Gasteiger partial charge in [0.1, 0.15) is 11.2 Å². The van der Waals surface area contributed by atoms with E-state index in [1.165, 1.54) is 54.6 Å². The molecule has 0 radical (unpaired) electrons. The number of hydrogen-bond acceptors (Lipinski definition) is 4. The van der Waals surface area contributed by atoms with Gasteiger partial charge in [-0.15, -0.1) is 0 Å². The molecule has 0 unspecified atom stereocenters. The molecule has 2 aromatic heterocycles. The molecule has 11 aromatic rings. The van der Waals surface area contributed by atoms with Crippen LogP contribution in [0, 0.1) is 0 Å². The van der Waals surface area contributed by atoms with E-state index in [1.807, 2.05) is 60.7 Å². The van der Waals surface area contributed by atoms with Crippen molar-refractivity contribution in [2.75, 3.05) is 0 Å². The molecule has 0 spiro atoms. The number of nitrogens with zero attached hydrogens (tertiary/aromatic N) is 3. The minimum Gasteiger partial charge on any atom is -0.455 e. The van der Waals surface area contributed by atoms with E-state index in [9.17, 15) is 0 Å². The Morgan fingerprint density at radius 2 is 0.946 bits per heavy atom. The van der Waals surface area contributed by atoms with E-state index in [0.717, 1.165) is 49.8 Å². The summed E-state index contributed by atoms with van der Waals surface area (Å²) in [7, 11) is 0. The van der Waals surface area contributed by atoms with Gasteiger partial charge in [-0.1, -0.05) is 147 Å². The van der Waals surface area contributed by atoms with Gasteiger partial charge >= 0.3 is 0 Å². The first-order chi connectivity index (χ1) is 27.5. The van der Waals surface area contributed by atoms with Crippen LogP contribution in [-0.4, -0.2) is 15.0 Å². The molecule has 4 heteroatoms. The summed E-state index contributed by atoms with van der Waals surface area (Å²) in [6, 6.07) is 58.0. The molecule has 56 heavy (non-hydrogen) atoms. The lowest BCUT2D eigenvalue weighted by Gasteiger charge is -2.22. The van der Waals surface area contributed by atoms with Gasteiger partial charge in [-0.25, -0.2) is 15.0 Å². The summed E-state index contributed by atoms with van der Waals surface area (Å²) >= 11 is 0. The number of furan rings is 1. The number of hydrogen-bond donors (Lipinski definition) is 0. The Labute approximate surface area is 323 Å². The molecule has 0 atom stereocenters. The second-order valence-electron chi connectivity index (χ2n) is 15.5. The normalized spacial score (nSPS) is 13.3. The van der Waals surface area contributed by atoms with E-state index < -0.39 is 0 Å². The van der Waals surface area contributed by atoms with Crippen LogP contribution in [0.3, 0.4) is 0 Å². The highest BCUT2D eigenvalue weighted by Gasteiger charge is 2.36. The number of rotatable bonds is 4. The summed E-state index contributed by atoms with van der Waals surface area (Å²) in [6.45, 7) is 4.70. The summed E-state index contributed by atoms with van der Waals surface area (Å²) in [5.74, 6) is 1.92. The van der Waals surface area contributed by atoms with E-state index in [-0.39, 0.29) is 5.41 Å². The third-order valence-electron chi connectivity index (χ3n) is 12.1. The van der Waals surface area contributed by atoms with Crippen molar-refractivity contribution in [1.82, 2.24) is 15.0 Å². The van der Waals surface area contributed by atoms with Gasteiger partial charge in [0.2, 0.25) is 0 Å². The zero-order valence-corrected chi connectivity index (χ0v) is 30.8. The van der Waals surface area contributed by atoms with Crippen LogP contribution in [0.4, 0.5) is 0 Å². The quantitative estimate of drug-likeness (QED) is 0.170. The molecule has 0 fully saturated rings. The van der Waals surface area contributed by atoms with E-state index in [4.69, 9.17) is 19.4 Å². The Morgan fingerprint density at radius 3 is 1.70 bits per heavy atom. The van der Waals surface area contributed by atoms with E-state index >= 15 is 0 Å². The van der Waals surface area contributed by atoms with Crippen LogP contribution in [0.5, 0.6) is 0 Å². The smallest absolute Gasteiger partial charge is 0.164 e. The van der Waals surface area contributed by atoms with E-state index in [2.05, 4.69) is 117 Å². The van der Waals surface area contributed by atoms with Gasteiger partial charge in [0.25, 0.3) is 0 Å². The summed E-state index contributed by atoms with van der Waals surface area (Å²) in [5.41, 5.74) is 12.2. The van der Waals surface area contributed by atoms with Gasteiger partial charge in [-0.2, -0.15) is 0 Å².